The molecule has 1 rings (SSSR count). The second kappa shape index (κ2) is 5.01. The fourth-order valence-corrected chi connectivity index (χ4v) is 1.58. The van der Waals surface area contributed by atoms with Crippen molar-refractivity contribution in [2.75, 3.05) is 6.61 Å². The van der Waals surface area contributed by atoms with Gasteiger partial charge in [-0.25, -0.2) is 0 Å². The van der Waals surface area contributed by atoms with E-state index in [0.717, 1.165) is 0 Å². The molecular formula is C9H10Cl2O4. The molecule has 0 fully saturated rings. The van der Waals surface area contributed by atoms with Gasteiger partial charge in [0.2, 0.25) is 0 Å². The van der Waals surface area contributed by atoms with E-state index in [2.05, 4.69) is 0 Å². The summed E-state index contributed by atoms with van der Waals surface area (Å²) in [6.45, 7) is -0.586. The largest absolute Gasteiger partial charge is 0.505 e. The summed E-state index contributed by atoms with van der Waals surface area (Å²) in [6.07, 6.45) is -2.62. The van der Waals surface area contributed by atoms with Crippen LogP contribution < -0.4 is 0 Å². The fraction of sp³-hybridized carbons (Fsp3) is 0.333. The summed E-state index contributed by atoms with van der Waals surface area (Å²) >= 11 is 11.2. The maximum atomic E-state index is 9.52. The van der Waals surface area contributed by atoms with Gasteiger partial charge < -0.3 is 20.4 Å². The first-order valence-corrected chi connectivity index (χ1v) is 4.88. The average molecular weight is 253 g/mol. The molecule has 0 spiro atoms. The van der Waals surface area contributed by atoms with Gasteiger partial charge in [0.15, 0.2) is 5.75 Å². The summed E-state index contributed by atoms with van der Waals surface area (Å²) in [5, 5.41) is 36.5. The third kappa shape index (κ3) is 2.74. The molecular weight excluding hydrogens is 243 g/mol. The Morgan fingerprint density at radius 1 is 1.13 bits per heavy atom. The van der Waals surface area contributed by atoms with Gasteiger partial charge in [-0.05, 0) is 17.7 Å². The Morgan fingerprint density at radius 3 is 2.00 bits per heavy atom. The monoisotopic (exact) mass is 252 g/mol. The first kappa shape index (κ1) is 12.5. The van der Waals surface area contributed by atoms with E-state index in [1.807, 2.05) is 0 Å². The van der Waals surface area contributed by atoms with Gasteiger partial charge in [0, 0.05) is 0 Å². The lowest BCUT2D eigenvalue weighted by molar-refractivity contribution is -0.0152. The number of benzene rings is 1. The van der Waals surface area contributed by atoms with Crippen molar-refractivity contribution >= 4 is 23.2 Å². The van der Waals surface area contributed by atoms with Crippen LogP contribution in [0.2, 0.25) is 10.0 Å². The van der Waals surface area contributed by atoms with Crippen molar-refractivity contribution in [3.05, 3.63) is 27.7 Å². The van der Waals surface area contributed by atoms with Crippen LogP contribution in [-0.2, 0) is 0 Å². The van der Waals surface area contributed by atoms with Crippen LogP contribution in [0, 0.1) is 0 Å². The van der Waals surface area contributed by atoms with Gasteiger partial charge in [-0.2, -0.15) is 0 Å². The Morgan fingerprint density at radius 2 is 1.60 bits per heavy atom. The Bertz CT molecular complexity index is 333. The first-order chi connectivity index (χ1) is 6.97. The van der Waals surface area contributed by atoms with Crippen molar-refractivity contribution in [2.24, 2.45) is 0 Å². The molecule has 4 N–H and O–H groups in total. The molecule has 6 heteroatoms. The second-order valence-electron chi connectivity index (χ2n) is 3.03. The molecule has 2 atom stereocenters. The minimum Gasteiger partial charge on any atom is -0.505 e. The molecule has 0 saturated heterocycles. The minimum absolute atomic E-state index is 0.0262. The number of aliphatic hydroxyl groups excluding tert-OH is 3. The summed E-state index contributed by atoms with van der Waals surface area (Å²) in [6, 6.07) is 2.54. The molecule has 84 valence electrons. The molecule has 0 aliphatic carbocycles. The summed E-state index contributed by atoms with van der Waals surface area (Å²) in [5.41, 5.74) is 0.226. The van der Waals surface area contributed by atoms with Crippen molar-refractivity contribution in [3.63, 3.8) is 0 Å². The van der Waals surface area contributed by atoms with Crippen LogP contribution in [0.15, 0.2) is 12.1 Å². The molecule has 0 aliphatic rings. The molecule has 0 bridgehead atoms. The maximum absolute atomic E-state index is 9.52. The number of phenolic OH excluding ortho intramolecular Hbond substituents is 1. The third-order valence-electron chi connectivity index (χ3n) is 1.93. The van der Waals surface area contributed by atoms with Gasteiger partial charge in [0.1, 0.15) is 12.2 Å². The van der Waals surface area contributed by atoms with Crippen LogP contribution in [0.25, 0.3) is 0 Å². The zero-order chi connectivity index (χ0) is 11.6. The van der Waals surface area contributed by atoms with E-state index in [1.54, 1.807) is 0 Å². The van der Waals surface area contributed by atoms with Gasteiger partial charge in [-0.3, -0.25) is 0 Å². The highest BCUT2D eigenvalue weighted by molar-refractivity contribution is 6.37. The molecule has 15 heavy (non-hydrogen) atoms. The van der Waals surface area contributed by atoms with Crippen molar-refractivity contribution in [3.8, 4) is 5.75 Å². The molecule has 0 saturated carbocycles. The normalized spacial score (nSPS) is 15.0. The lowest BCUT2D eigenvalue weighted by Gasteiger charge is -2.16. The quantitative estimate of drug-likeness (QED) is 0.649. The molecule has 0 aliphatic heterocycles. The highest BCUT2D eigenvalue weighted by atomic mass is 35.5. The first-order valence-electron chi connectivity index (χ1n) is 4.12. The summed E-state index contributed by atoms with van der Waals surface area (Å²) in [5.74, 6) is -0.284. The van der Waals surface area contributed by atoms with Gasteiger partial charge in [0.25, 0.3) is 0 Å². The smallest absolute Gasteiger partial charge is 0.152 e. The Hall–Kier alpha value is -0.520. The van der Waals surface area contributed by atoms with Crippen LogP contribution >= 0.6 is 23.2 Å². The van der Waals surface area contributed by atoms with E-state index in [-0.39, 0.29) is 21.4 Å². The highest BCUT2D eigenvalue weighted by Gasteiger charge is 2.19. The van der Waals surface area contributed by atoms with E-state index in [9.17, 15) is 15.3 Å². The Balaban J connectivity index is 3.06. The topological polar surface area (TPSA) is 80.9 Å². The Kier molecular flexibility index (Phi) is 4.19. The second-order valence-corrected chi connectivity index (χ2v) is 3.84. The molecule has 0 amide bonds. The van der Waals surface area contributed by atoms with Crippen molar-refractivity contribution in [1.29, 1.82) is 0 Å². The molecule has 2 unspecified atom stereocenters. The lowest BCUT2D eigenvalue weighted by Crippen LogP contribution is -2.22. The molecule has 1 aromatic carbocycles. The molecule has 0 radical (unpaired) electrons. The van der Waals surface area contributed by atoms with Crippen molar-refractivity contribution < 1.29 is 20.4 Å². The molecule has 1 aromatic rings. The Labute approximate surface area is 96.3 Å². The number of hydrogen-bond acceptors (Lipinski definition) is 4. The minimum atomic E-state index is -1.32. The van der Waals surface area contributed by atoms with Gasteiger partial charge in [-0.15, -0.1) is 0 Å². The molecule has 0 aromatic heterocycles. The average Bonchev–Trinajstić information content (AvgIpc) is 2.23. The number of hydrogen-bond donors (Lipinski definition) is 4. The summed E-state index contributed by atoms with van der Waals surface area (Å²) in [4.78, 5) is 0. The van der Waals surface area contributed by atoms with Gasteiger partial charge in [-0.1, -0.05) is 23.2 Å². The van der Waals surface area contributed by atoms with Gasteiger partial charge in [0.05, 0.1) is 16.7 Å². The fourth-order valence-electron chi connectivity index (χ4n) is 1.08. The van der Waals surface area contributed by atoms with Crippen LogP contribution in [-0.4, -0.2) is 33.1 Å². The summed E-state index contributed by atoms with van der Waals surface area (Å²) < 4.78 is 0. The van der Waals surface area contributed by atoms with Crippen LogP contribution in [0.4, 0.5) is 0 Å². The SMILES string of the molecule is OCC(O)C(O)c1cc(Cl)c(O)c(Cl)c1. The third-order valence-corrected chi connectivity index (χ3v) is 2.51. The molecule has 4 nitrogen and oxygen atoms in total. The molecule has 0 heterocycles. The number of aromatic hydroxyl groups is 1. The summed E-state index contributed by atoms with van der Waals surface area (Å²) in [7, 11) is 0. The zero-order valence-corrected chi connectivity index (χ0v) is 9.07. The van der Waals surface area contributed by atoms with E-state index in [0.29, 0.717) is 0 Å². The van der Waals surface area contributed by atoms with Gasteiger partial charge >= 0.3 is 0 Å². The van der Waals surface area contributed by atoms with Crippen molar-refractivity contribution in [2.45, 2.75) is 12.2 Å². The van der Waals surface area contributed by atoms with E-state index < -0.39 is 18.8 Å². The predicted molar refractivity (Wildman–Crippen MR) is 56.2 cm³/mol. The van der Waals surface area contributed by atoms with E-state index in [4.69, 9.17) is 28.3 Å². The number of phenols is 1. The van der Waals surface area contributed by atoms with Crippen molar-refractivity contribution in [1.82, 2.24) is 0 Å². The number of rotatable bonds is 3. The van der Waals surface area contributed by atoms with Crippen LogP contribution in [0.3, 0.4) is 0 Å². The van der Waals surface area contributed by atoms with Crippen LogP contribution in [0.1, 0.15) is 11.7 Å². The zero-order valence-electron chi connectivity index (χ0n) is 7.56. The predicted octanol–water partition coefficient (Wildman–Crippen LogP) is 1.09. The lowest BCUT2D eigenvalue weighted by atomic mass is 10.0. The standard InChI is InChI=1S/C9H10Cl2O4/c10-5-1-4(2-6(11)9(5)15)8(14)7(13)3-12/h1-2,7-8,12-15H,3H2. The maximum Gasteiger partial charge on any atom is 0.152 e. The van der Waals surface area contributed by atoms with E-state index in [1.165, 1.54) is 12.1 Å². The highest BCUT2D eigenvalue weighted by Crippen LogP contribution is 2.35. The van der Waals surface area contributed by atoms with Crippen LogP contribution in [0.5, 0.6) is 5.75 Å². The number of halogens is 2. The number of aliphatic hydroxyl groups is 3. The van der Waals surface area contributed by atoms with E-state index >= 15 is 0 Å².